The number of fused-ring (bicyclic) bond motifs is 3. The number of imide groups is 3. The highest BCUT2D eigenvalue weighted by Gasteiger charge is 2.59. The molecule has 0 bridgehead atoms. The van der Waals surface area contributed by atoms with E-state index in [2.05, 4.69) is 4.74 Å². The number of phenolic OH excluding ortho intramolecular Hbond substituents is 1. The van der Waals surface area contributed by atoms with Crippen LogP contribution in [-0.2, 0) is 19.0 Å². The van der Waals surface area contributed by atoms with Gasteiger partial charge in [-0.15, -0.1) is 0 Å². The maximum absolute atomic E-state index is 13.1. The van der Waals surface area contributed by atoms with E-state index < -0.39 is 48.9 Å². The number of aliphatic hydroxyl groups is 1. The Hall–Kier alpha value is -2.95. The van der Waals surface area contributed by atoms with Crippen molar-refractivity contribution >= 4 is 31.1 Å². The molecule has 0 saturated carbocycles. The number of nitrogens with zero attached hydrogens (tertiary/aromatic N) is 1. The van der Waals surface area contributed by atoms with Crippen LogP contribution >= 0.6 is 0 Å². The molecule has 10 heteroatoms. The third-order valence-electron chi connectivity index (χ3n) is 7.30. The second-order valence-electron chi connectivity index (χ2n) is 9.24. The lowest BCUT2D eigenvalue weighted by Gasteiger charge is -2.42. The molecule has 1 aromatic carbocycles. The average molecular weight is 483 g/mol. The molecule has 1 aromatic rings. The highest BCUT2D eigenvalue weighted by molar-refractivity contribution is 6.43. The second-order valence-corrected chi connectivity index (χ2v) is 9.24. The van der Waals surface area contributed by atoms with Crippen LogP contribution in [0.15, 0.2) is 41.0 Å². The first-order valence-electron chi connectivity index (χ1n) is 11.9. The molecule has 4 rings (SSSR count). The maximum atomic E-state index is 13.1. The number of benzene rings is 1. The Morgan fingerprint density at radius 3 is 2.57 bits per heavy atom. The molecule has 0 spiro atoms. The van der Waals surface area contributed by atoms with Crippen molar-refractivity contribution < 1.29 is 39.0 Å². The summed E-state index contributed by atoms with van der Waals surface area (Å²) < 4.78 is 10.5. The summed E-state index contributed by atoms with van der Waals surface area (Å²) in [6.45, 7) is 1.74. The number of hydrogen-bond acceptors (Lipinski definition) is 8. The summed E-state index contributed by atoms with van der Waals surface area (Å²) in [6.07, 6.45) is 2.72. The van der Waals surface area contributed by atoms with E-state index in [1.807, 2.05) is 25.1 Å². The van der Waals surface area contributed by atoms with Gasteiger partial charge in [-0.1, -0.05) is 30.7 Å². The van der Waals surface area contributed by atoms with E-state index in [-0.39, 0.29) is 25.1 Å². The van der Waals surface area contributed by atoms with Crippen LogP contribution in [0.5, 0.6) is 5.75 Å². The monoisotopic (exact) mass is 483 g/mol. The minimum atomic E-state index is -1.13. The standard InChI is InChI=1S/C25H30BNO8/c1-3-14(10-15-4-7-17(29)8-5-15)6-9-20-21-16(13-28)11-18-22(19(21)12-26(33)35-20)24(31)27(23(18)30)25(32)34-2/h4-5,7-8,10,18-20,22,28-29,33H,3,6,9,11-13H2,1-2H3/b14-10+/t18-,19+,20-,22-/m1/s1. The van der Waals surface area contributed by atoms with Gasteiger partial charge in [0.05, 0.1) is 31.7 Å². The van der Waals surface area contributed by atoms with Gasteiger partial charge in [0, 0.05) is 0 Å². The predicted octanol–water partition coefficient (Wildman–Crippen LogP) is 2.52. The normalized spacial score (nSPS) is 26.7. The summed E-state index contributed by atoms with van der Waals surface area (Å²) >= 11 is 0. The Morgan fingerprint density at radius 1 is 1.23 bits per heavy atom. The summed E-state index contributed by atoms with van der Waals surface area (Å²) in [6, 6.07) is 6.90. The number of phenols is 1. The molecule has 2 saturated heterocycles. The summed E-state index contributed by atoms with van der Waals surface area (Å²) in [5, 5.41) is 30.2. The van der Waals surface area contributed by atoms with Crippen molar-refractivity contribution in [2.45, 2.75) is 45.0 Å². The lowest BCUT2D eigenvalue weighted by Crippen LogP contribution is -2.46. The second kappa shape index (κ2) is 10.4. The predicted molar refractivity (Wildman–Crippen MR) is 127 cm³/mol. The molecule has 4 atom stereocenters. The van der Waals surface area contributed by atoms with Crippen LogP contribution in [0.25, 0.3) is 6.08 Å². The van der Waals surface area contributed by atoms with Gasteiger partial charge in [-0.2, -0.15) is 4.90 Å². The van der Waals surface area contributed by atoms with E-state index in [0.717, 1.165) is 30.2 Å². The molecule has 2 aliphatic heterocycles. The molecular formula is C25H30BNO8. The lowest BCUT2D eigenvalue weighted by molar-refractivity contribution is -0.137. The summed E-state index contributed by atoms with van der Waals surface area (Å²) in [4.78, 5) is 38.7. The van der Waals surface area contributed by atoms with Gasteiger partial charge >= 0.3 is 13.2 Å². The first-order chi connectivity index (χ1) is 16.8. The number of hydrogen-bond donors (Lipinski definition) is 3. The van der Waals surface area contributed by atoms with E-state index in [0.29, 0.717) is 23.3 Å². The zero-order valence-electron chi connectivity index (χ0n) is 19.8. The topological polar surface area (TPSA) is 134 Å². The van der Waals surface area contributed by atoms with Crippen molar-refractivity contribution in [1.82, 2.24) is 4.90 Å². The lowest BCUT2D eigenvalue weighted by atomic mass is 9.58. The summed E-state index contributed by atoms with van der Waals surface area (Å²) in [5.41, 5.74) is 3.48. The number of carbonyl (C=O) groups excluding carboxylic acids is 3. The number of rotatable bonds is 6. The number of aliphatic hydroxyl groups excluding tert-OH is 1. The zero-order chi connectivity index (χ0) is 25.3. The number of aromatic hydroxyl groups is 1. The Kier molecular flexibility index (Phi) is 7.44. The third kappa shape index (κ3) is 4.78. The van der Waals surface area contributed by atoms with E-state index in [1.165, 1.54) is 0 Å². The number of methoxy groups -OCH3 is 1. The van der Waals surface area contributed by atoms with Gasteiger partial charge in [0.2, 0.25) is 11.8 Å². The van der Waals surface area contributed by atoms with Crippen molar-refractivity contribution in [2.75, 3.05) is 13.7 Å². The van der Waals surface area contributed by atoms with Gasteiger partial charge in [0.25, 0.3) is 0 Å². The third-order valence-corrected chi connectivity index (χ3v) is 7.30. The highest BCUT2D eigenvalue weighted by Crippen LogP contribution is 2.50. The minimum Gasteiger partial charge on any atom is -0.508 e. The highest BCUT2D eigenvalue weighted by atomic mass is 16.5. The van der Waals surface area contributed by atoms with Gasteiger partial charge in [-0.05, 0) is 66.8 Å². The van der Waals surface area contributed by atoms with E-state index in [9.17, 15) is 29.6 Å². The molecule has 35 heavy (non-hydrogen) atoms. The van der Waals surface area contributed by atoms with Crippen LogP contribution in [-0.4, -0.2) is 65.0 Å². The van der Waals surface area contributed by atoms with Crippen LogP contribution in [0.1, 0.15) is 38.2 Å². The number of allylic oxidation sites excluding steroid dienone is 1. The maximum Gasteiger partial charge on any atom is 0.455 e. The summed E-state index contributed by atoms with van der Waals surface area (Å²) in [5.74, 6) is -3.14. The number of ether oxygens (including phenoxy) is 1. The van der Waals surface area contributed by atoms with Crippen molar-refractivity contribution in [2.24, 2.45) is 17.8 Å². The van der Waals surface area contributed by atoms with Gasteiger partial charge in [-0.3, -0.25) is 9.59 Å². The first-order valence-corrected chi connectivity index (χ1v) is 11.9. The van der Waals surface area contributed by atoms with Gasteiger partial charge in [-0.25, -0.2) is 4.79 Å². The molecule has 3 aliphatic rings. The minimum absolute atomic E-state index is 0.106. The molecule has 3 amide bonds. The molecule has 9 nitrogen and oxygen atoms in total. The van der Waals surface area contributed by atoms with Crippen molar-refractivity contribution in [3.63, 3.8) is 0 Å². The fourth-order valence-corrected chi connectivity index (χ4v) is 5.66. The fourth-order valence-electron chi connectivity index (χ4n) is 5.66. The van der Waals surface area contributed by atoms with Gasteiger partial charge < -0.3 is 24.6 Å². The van der Waals surface area contributed by atoms with Crippen molar-refractivity contribution in [3.8, 4) is 5.75 Å². The molecule has 0 aromatic heterocycles. The smallest absolute Gasteiger partial charge is 0.455 e. The van der Waals surface area contributed by atoms with E-state index >= 15 is 0 Å². The fraction of sp³-hybridized carbons (Fsp3) is 0.480. The van der Waals surface area contributed by atoms with Gasteiger partial charge in [0.1, 0.15) is 5.75 Å². The van der Waals surface area contributed by atoms with Crippen molar-refractivity contribution in [1.29, 1.82) is 0 Å². The van der Waals surface area contributed by atoms with Crippen LogP contribution in [0.2, 0.25) is 6.32 Å². The Balaban J connectivity index is 1.60. The van der Waals surface area contributed by atoms with Crippen LogP contribution in [0.4, 0.5) is 4.79 Å². The molecular weight excluding hydrogens is 453 g/mol. The SMILES string of the molecule is CC/C(=C\c1ccc(O)cc1)CC[C@H]1OB(O)C[C@H]2C1=C(CO)C[C@H]1C(=O)N(C(=O)OC)C(=O)[C@H]12. The Morgan fingerprint density at radius 2 is 1.94 bits per heavy atom. The van der Waals surface area contributed by atoms with E-state index in [4.69, 9.17) is 4.65 Å². The van der Waals surface area contributed by atoms with Gasteiger partial charge in [0.15, 0.2) is 0 Å². The largest absolute Gasteiger partial charge is 0.508 e. The Bertz CT molecular complexity index is 1070. The van der Waals surface area contributed by atoms with Crippen LogP contribution in [0.3, 0.4) is 0 Å². The van der Waals surface area contributed by atoms with E-state index in [1.54, 1.807) is 12.1 Å². The zero-order valence-corrected chi connectivity index (χ0v) is 19.8. The molecule has 3 N–H and O–H groups in total. The number of amides is 3. The molecule has 2 fully saturated rings. The van der Waals surface area contributed by atoms with Crippen molar-refractivity contribution in [3.05, 3.63) is 46.5 Å². The molecule has 1 aliphatic carbocycles. The van der Waals surface area contributed by atoms with Crippen LogP contribution < -0.4 is 0 Å². The molecule has 0 unspecified atom stereocenters. The van der Waals surface area contributed by atoms with Crippen LogP contribution in [0, 0.1) is 17.8 Å². The molecule has 0 radical (unpaired) electrons. The number of carbonyl (C=O) groups is 3. The molecule has 2 heterocycles. The average Bonchev–Trinajstić information content (AvgIpc) is 3.11. The number of likely N-dealkylation sites (tertiary alicyclic amines) is 1. The molecule has 186 valence electrons. The Labute approximate surface area is 204 Å². The summed E-state index contributed by atoms with van der Waals surface area (Å²) in [7, 11) is -0.0208. The first kappa shape index (κ1) is 25.2. The quantitative estimate of drug-likeness (QED) is 0.319.